The number of fused-ring (bicyclic) bond motifs is 1. The van der Waals surface area contributed by atoms with Gasteiger partial charge in [0.25, 0.3) is 0 Å². The maximum Gasteiger partial charge on any atom is 0.137 e. The summed E-state index contributed by atoms with van der Waals surface area (Å²) in [7, 11) is 0. The second-order valence-electron chi connectivity index (χ2n) is 4.87. The lowest BCUT2D eigenvalue weighted by Gasteiger charge is -2.03. The first-order chi connectivity index (χ1) is 7.66. The number of hydrogen-bond acceptors (Lipinski definition) is 2. The Morgan fingerprint density at radius 3 is 2.56 bits per heavy atom. The summed E-state index contributed by atoms with van der Waals surface area (Å²) in [5.41, 5.74) is 3.27. The molecule has 1 unspecified atom stereocenters. The first kappa shape index (κ1) is 9.91. The summed E-state index contributed by atoms with van der Waals surface area (Å²) in [5, 5.41) is 11.2. The van der Waals surface area contributed by atoms with Crippen molar-refractivity contribution in [2.75, 3.05) is 0 Å². The van der Waals surface area contributed by atoms with Crippen LogP contribution in [0.1, 0.15) is 35.8 Å². The molecule has 0 aliphatic heterocycles. The molecule has 2 nitrogen and oxygen atoms in total. The van der Waals surface area contributed by atoms with Gasteiger partial charge in [-0.3, -0.25) is 0 Å². The van der Waals surface area contributed by atoms with Gasteiger partial charge in [0.15, 0.2) is 0 Å². The zero-order chi connectivity index (χ0) is 11.3. The quantitative estimate of drug-likeness (QED) is 0.833. The van der Waals surface area contributed by atoms with E-state index >= 15 is 0 Å². The van der Waals surface area contributed by atoms with Crippen LogP contribution in [0, 0.1) is 19.8 Å². The van der Waals surface area contributed by atoms with Crippen molar-refractivity contribution in [2.45, 2.75) is 32.8 Å². The smallest absolute Gasteiger partial charge is 0.137 e. The van der Waals surface area contributed by atoms with Crippen molar-refractivity contribution < 1.29 is 9.52 Å². The highest BCUT2D eigenvalue weighted by Crippen LogP contribution is 2.42. The van der Waals surface area contributed by atoms with E-state index in [1.807, 2.05) is 13.0 Å². The molecule has 1 fully saturated rings. The van der Waals surface area contributed by atoms with Crippen LogP contribution in [0.15, 0.2) is 22.6 Å². The van der Waals surface area contributed by atoms with Crippen LogP contribution in [0.25, 0.3) is 11.0 Å². The highest BCUT2D eigenvalue weighted by molar-refractivity contribution is 5.84. The fourth-order valence-corrected chi connectivity index (χ4v) is 2.20. The molecule has 1 atom stereocenters. The van der Waals surface area contributed by atoms with E-state index in [9.17, 15) is 5.11 Å². The van der Waals surface area contributed by atoms with Crippen LogP contribution in [-0.4, -0.2) is 5.11 Å². The van der Waals surface area contributed by atoms with E-state index in [-0.39, 0.29) is 0 Å². The molecule has 1 aromatic carbocycles. The van der Waals surface area contributed by atoms with Gasteiger partial charge in [0.05, 0.1) is 0 Å². The first-order valence-corrected chi connectivity index (χ1v) is 5.84. The Morgan fingerprint density at radius 1 is 1.25 bits per heavy atom. The average molecular weight is 216 g/mol. The Bertz CT molecular complexity index is 496. The standard InChI is InChI=1S/C14H16O2/c1-8-3-4-9(2)14-11(8)7-12(16-14)13(15)10-5-6-10/h3-4,7,10,13,15H,5-6H2,1-2H3. The van der Waals surface area contributed by atoms with Crippen molar-refractivity contribution >= 4 is 11.0 Å². The molecular formula is C14H16O2. The van der Waals surface area contributed by atoms with E-state index in [0.29, 0.717) is 5.92 Å². The summed E-state index contributed by atoms with van der Waals surface area (Å²) in [5.74, 6) is 1.15. The molecule has 0 bridgehead atoms. The minimum absolute atomic E-state index is 0.411. The summed E-state index contributed by atoms with van der Waals surface area (Å²) >= 11 is 0. The number of aryl methyl sites for hydroxylation is 2. The number of rotatable bonds is 2. The lowest BCUT2D eigenvalue weighted by Crippen LogP contribution is -1.96. The summed E-state index contributed by atoms with van der Waals surface area (Å²) in [6, 6.07) is 6.16. The third-order valence-corrected chi connectivity index (χ3v) is 3.48. The normalized spacial score (nSPS) is 17.9. The number of hydrogen-bond donors (Lipinski definition) is 1. The summed E-state index contributed by atoms with van der Waals surface area (Å²) in [6.07, 6.45) is 1.83. The first-order valence-electron chi connectivity index (χ1n) is 5.84. The van der Waals surface area contributed by atoms with Crippen LogP contribution in [0.4, 0.5) is 0 Å². The number of benzene rings is 1. The molecule has 1 heterocycles. The Labute approximate surface area is 94.9 Å². The third-order valence-electron chi connectivity index (χ3n) is 3.48. The molecule has 3 rings (SSSR count). The van der Waals surface area contributed by atoms with Gasteiger partial charge in [0.2, 0.25) is 0 Å². The molecule has 1 aromatic heterocycles. The Hall–Kier alpha value is -1.28. The van der Waals surface area contributed by atoms with Gasteiger partial charge in [-0.1, -0.05) is 12.1 Å². The molecule has 16 heavy (non-hydrogen) atoms. The molecular weight excluding hydrogens is 200 g/mol. The predicted octanol–water partition coefficient (Wildman–Crippen LogP) is 3.49. The van der Waals surface area contributed by atoms with Gasteiger partial charge in [-0.15, -0.1) is 0 Å². The Balaban J connectivity index is 2.14. The van der Waals surface area contributed by atoms with Crippen molar-refractivity contribution in [3.05, 3.63) is 35.1 Å². The Kier molecular flexibility index (Phi) is 2.08. The molecule has 0 radical (unpaired) electrons. The van der Waals surface area contributed by atoms with Crippen molar-refractivity contribution in [3.63, 3.8) is 0 Å². The van der Waals surface area contributed by atoms with E-state index in [1.54, 1.807) is 0 Å². The van der Waals surface area contributed by atoms with Crippen LogP contribution >= 0.6 is 0 Å². The van der Waals surface area contributed by atoms with Crippen molar-refractivity contribution in [1.82, 2.24) is 0 Å². The summed E-state index contributed by atoms with van der Waals surface area (Å²) in [6.45, 7) is 4.11. The monoisotopic (exact) mass is 216 g/mol. The van der Waals surface area contributed by atoms with E-state index in [0.717, 1.165) is 35.1 Å². The average Bonchev–Trinajstić information content (AvgIpc) is 3.01. The minimum atomic E-state index is -0.411. The van der Waals surface area contributed by atoms with Gasteiger partial charge in [0.1, 0.15) is 17.4 Å². The van der Waals surface area contributed by atoms with Crippen LogP contribution in [0.2, 0.25) is 0 Å². The highest BCUT2D eigenvalue weighted by Gasteiger charge is 2.33. The van der Waals surface area contributed by atoms with Gasteiger partial charge in [-0.25, -0.2) is 0 Å². The number of furan rings is 1. The van der Waals surface area contributed by atoms with Crippen LogP contribution < -0.4 is 0 Å². The highest BCUT2D eigenvalue weighted by atomic mass is 16.4. The Morgan fingerprint density at radius 2 is 1.94 bits per heavy atom. The fraction of sp³-hybridized carbons (Fsp3) is 0.429. The molecule has 2 heteroatoms. The van der Waals surface area contributed by atoms with Crippen molar-refractivity contribution in [3.8, 4) is 0 Å². The van der Waals surface area contributed by atoms with Gasteiger partial charge < -0.3 is 9.52 Å². The second kappa shape index (κ2) is 3.36. The SMILES string of the molecule is Cc1ccc(C)c2oc(C(O)C3CC3)cc12. The van der Waals surface area contributed by atoms with Crippen molar-refractivity contribution in [1.29, 1.82) is 0 Å². The predicted molar refractivity (Wildman–Crippen MR) is 63.4 cm³/mol. The molecule has 1 aliphatic rings. The fourth-order valence-electron chi connectivity index (χ4n) is 2.20. The zero-order valence-corrected chi connectivity index (χ0v) is 9.66. The molecule has 1 N–H and O–H groups in total. The van der Waals surface area contributed by atoms with E-state index in [4.69, 9.17) is 4.42 Å². The molecule has 0 saturated heterocycles. The van der Waals surface area contributed by atoms with Crippen LogP contribution in [0.5, 0.6) is 0 Å². The number of aliphatic hydroxyl groups is 1. The van der Waals surface area contributed by atoms with Gasteiger partial charge in [0, 0.05) is 5.39 Å². The maximum absolute atomic E-state index is 10.0. The molecule has 1 aliphatic carbocycles. The van der Waals surface area contributed by atoms with Gasteiger partial charge in [-0.2, -0.15) is 0 Å². The van der Waals surface area contributed by atoms with E-state index in [1.165, 1.54) is 5.56 Å². The van der Waals surface area contributed by atoms with Crippen LogP contribution in [0.3, 0.4) is 0 Å². The molecule has 2 aromatic rings. The van der Waals surface area contributed by atoms with E-state index < -0.39 is 6.10 Å². The molecule has 0 spiro atoms. The number of aliphatic hydroxyl groups excluding tert-OH is 1. The zero-order valence-electron chi connectivity index (χ0n) is 9.66. The summed E-state index contributed by atoms with van der Waals surface area (Å²) in [4.78, 5) is 0. The molecule has 1 saturated carbocycles. The topological polar surface area (TPSA) is 33.4 Å². The molecule has 0 amide bonds. The minimum Gasteiger partial charge on any atom is -0.458 e. The largest absolute Gasteiger partial charge is 0.458 e. The van der Waals surface area contributed by atoms with Gasteiger partial charge >= 0.3 is 0 Å². The third kappa shape index (κ3) is 1.45. The summed E-state index contributed by atoms with van der Waals surface area (Å²) < 4.78 is 5.79. The second-order valence-corrected chi connectivity index (χ2v) is 4.87. The van der Waals surface area contributed by atoms with Crippen LogP contribution in [-0.2, 0) is 0 Å². The van der Waals surface area contributed by atoms with Gasteiger partial charge in [-0.05, 0) is 49.8 Å². The maximum atomic E-state index is 10.0. The lowest BCUT2D eigenvalue weighted by atomic mass is 10.1. The van der Waals surface area contributed by atoms with Crippen molar-refractivity contribution in [2.24, 2.45) is 5.92 Å². The molecule has 84 valence electrons. The lowest BCUT2D eigenvalue weighted by molar-refractivity contribution is 0.129. The van der Waals surface area contributed by atoms with E-state index in [2.05, 4.69) is 19.1 Å².